The fourth-order valence-corrected chi connectivity index (χ4v) is 3.47. The van der Waals surface area contributed by atoms with Crippen LogP contribution in [-0.4, -0.2) is 41.7 Å². The summed E-state index contributed by atoms with van der Waals surface area (Å²) >= 11 is 1.53. The van der Waals surface area contributed by atoms with Crippen molar-refractivity contribution in [3.8, 4) is 0 Å². The van der Waals surface area contributed by atoms with Gasteiger partial charge >= 0.3 is 6.03 Å². The maximum absolute atomic E-state index is 12.2. The summed E-state index contributed by atoms with van der Waals surface area (Å²) in [6.45, 7) is 2.36. The summed E-state index contributed by atoms with van der Waals surface area (Å²) in [6.07, 6.45) is 6.27. The molecule has 0 radical (unpaired) electrons. The molecule has 2 aliphatic carbocycles. The highest BCUT2D eigenvalue weighted by molar-refractivity contribution is 7.13. The van der Waals surface area contributed by atoms with Gasteiger partial charge in [0, 0.05) is 31.0 Å². The number of hydrogen-bond donors (Lipinski definition) is 1. The Morgan fingerprint density at radius 1 is 1.38 bits per heavy atom. The summed E-state index contributed by atoms with van der Waals surface area (Å²) in [6, 6.07) is -0.0378. The number of carbonyl (C=O) groups is 1. The molecule has 21 heavy (non-hydrogen) atoms. The van der Waals surface area contributed by atoms with Gasteiger partial charge in [0.25, 0.3) is 0 Å². The van der Waals surface area contributed by atoms with Crippen LogP contribution in [-0.2, 0) is 4.74 Å². The molecule has 0 bridgehead atoms. The summed E-state index contributed by atoms with van der Waals surface area (Å²) in [5, 5.41) is 5.72. The van der Waals surface area contributed by atoms with Crippen molar-refractivity contribution in [2.24, 2.45) is 5.92 Å². The number of hydrogen-bond acceptors (Lipinski definition) is 4. The fourth-order valence-electron chi connectivity index (χ4n) is 2.69. The minimum atomic E-state index is -0.0378. The molecule has 1 aromatic heterocycles. The van der Waals surface area contributed by atoms with Crippen LogP contribution in [0.15, 0.2) is 5.38 Å². The molecule has 1 N–H and O–H groups in total. The third-order valence-electron chi connectivity index (χ3n) is 4.43. The first-order valence-corrected chi connectivity index (χ1v) is 8.79. The number of nitrogens with one attached hydrogen (secondary N) is 1. The van der Waals surface area contributed by atoms with Crippen LogP contribution in [0.5, 0.6) is 0 Å². The molecular weight excluding hydrogens is 286 g/mol. The normalized spacial score (nSPS) is 25.3. The first-order valence-electron chi connectivity index (χ1n) is 7.91. The summed E-state index contributed by atoms with van der Waals surface area (Å²) in [5.41, 5.74) is 1.14. The lowest BCUT2D eigenvalue weighted by atomic mass is 10.3. The first kappa shape index (κ1) is 13.5. The standard InChI is InChI=1S/C15H21N3O2S/c19-15(17-14-16-13(9-21-14)11-3-4-11)18-6-5-12(7-18)20-8-10-1-2-10/h9-12H,1-8H2,(H,16,17,19). The molecule has 114 valence electrons. The van der Waals surface area contributed by atoms with Gasteiger partial charge in [0.2, 0.25) is 0 Å². The van der Waals surface area contributed by atoms with E-state index in [1.54, 1.807) is 0 Å². The second-order valence-electron chi connectivity index (χ2n) is 6.42. The molecule has 1 saturated heterocycles. The van der Waals surface area contributed by atoms with E-state index in [2.05, 4.69) is 15.7 Å². The van der Waals surface area contributed by atoms with Crippen molar-refractivity contribution in [1.29, 1.82) is 0 Å². The smallest absolute Gasteiger partial charge is 0.323 e. The van der Waals surface area contributed by atoms with E-state index >= 15 is 0 Å². The lowest BCUT2D eigenvalue weighted by Gasteiger charge is -2.16. The Morgan fingerprint density at radius 3 is 3.00 bits per heavy atom. The zero-order valence-corrected chi connectivity index (χ0v) is 12.9. The highest BCUT2D eigenvalue weighted by Crippen LogP contribution is 2.40. The quantitative estimate of drug-likeness (QED) is 0.909. The molecule has 2 heterocycles. The van der Waals surface area contributed by atoms with Crippen molar-refractivity contribution in [2.75, 3.05) is 25.0 Å². The number of urea groups is 1. The molecule has 5 nitrogen and oxygen atoms in total. The molecule has 3 fully saturated rings. The Balaban J connectivity index is 1.26. The zero-order valence-electron chi connectivity index (χ0n) is 12.1. The average molecular weight is 307 g/mol. The molecular formula is C15H21N3O2S. The number of likely N-dealkylation sites (tertiary alicyclic amines) is 1. The van der Waals surface area contributed by atoms with Gasteiger partial charge in [-0.1, -0.05) is 0 Å². The van der Waals surface area contributed by atoms with Crippen LogP contribution < -0.4 is 5.32 Å². The Labute approximate surface area is 128 Å². The second kappa shape index (κ2) is 5.57. The molecule has 1 unspecified atom stereocenters. The zero-order chi connectivity index (χ0) is 14.2. The van der Waals surface area contributed by atoms with Crippen molar-refractivity contribution < 1.29 is 9.53 Å². The van der Waals surface area contributed by atoms with Gasteiger partial charge in [0.05, 0.1) is 11.8 Å². The predicted molar refractivity (Wildman–Crippen MR) is 81.8 cm³/mol. The van der Waals surface area contributed by atoms with E-state index in [0.717, 1.165) is 36.3 Å². The largest absolute Gasteiger partial charge is 0.376 e. The molecule has 0 aromatic carbocycles. The lowest BCUT2D eigenvalue weighted by Crippen LogP contribution is -2.34. The SMILES string of the molecule is O=C(Nc1nc(C2CC2)cs1)N1CCC(OCC2CC2)C1. The van der Waals surface area contributed by atoms with Crippen molar-refractivity contribution in [2.45, 2.75) is 44.1 Å². The van der Waals surface area contributed by atoms with Gasteiger partial charge in [0.1, 0.15) is 0 Å². The number of amides is 2. The number of thiazole rings is 1. The van der Waals surface area contributed by atoms with E-state index in [1.165, 1.54) is 37.0 Å². The number of aromatic nitrogens is 1. The number of anilines is 1. The summed E-state index contributed by atoms with van der Waals surface area (Å²) < 4.78 is 5.87. The Bertz CT molecular complexity index is 525. The number of carbonyl (C=O) groups excluding carboxylic acids is 1. The van der Waals surface area contributed by atoms with Crippen LogP contribution in [0.4, 0.5) is 9.93 Å². The summed E-state index contributed by atoms with van der Waals surface area (Å²) in [4.78, 5) is 18.6. The maximum atomic E-state index is 12.2. The highest BCUT2D eigenvalue weighted by atomic mass is 32.1. The Kier molecular flexibility index (Phi) is 3.59. The van der Waals surface area contributed by atoms with Crippen molar-refractivity contribution in [3.05, 3.63) is 11.1 Å². The van der Waals surface area contributed by atoms with E-state index < -0.39 is 0 Å². The van der Waals surface area contributed by atoms with E-state index in [-0.39, 0.29) is 12.1 Å². The molecule has 4 rings (SSSR count). The molecule has 1 aliphatic heterocycles. The average Bonchev–Trinajstić information content (AvgIpc) is 3.40. The second-order valence-corrected chi connectivity index (χ2v) is 7.27. The Hall–Kier alpha value is -1.14. The van der Waals surface area contributed by atoms with Crippen molar-refractivity contribution >= 4 is 22.5 Å². The first-order chi connectivity index (χ1) is 10.3. The highest BCUT2D eigenvalue weighted by Gasteiger charge is 2.30. The molecule has 2 amide bonds. The third-order valence-corrected chi connectivity index (χ3v) is 5.20. The topological polar surface area (TPSA) is 54.5 Å². The van der Waals surface area contributed by atoms with Gasteiger partial charge in [-0.2, -0.15) is 0 Å². The molecule has 2 saturated carbocycles. The fraction of sp³-hybridized carbons (Fsp3) is 0.733. The van der Waals surface area contributed by atoms with Crippen LogP contribution in [0.3, 0.4) is 0 Å². The molecule has 6 heteroatoms. The van der Waals surface area contributed by atoms with Crippen LogP contribution in [0.1, 0.15) is 43.7 Å². The summed E-state index contributed by atoms with van der Waals surface area (Å²) in [7, 11) is 0. The van der Waals surface area contributed by atoms with Gasteiger partial charge in [-0.15, -0.1) is 11.3 Å². The monoisotopic (exact) mass is 307 g/mol. The van der Waals surface area contributed by atoms with Crippen LogP contribution in [0.25, 0.3) is 0 Å². The van der Waals surface area contributed by atoms with Gasteiger partial charge < -0.3 is 9.64 Å². The van der Waals surface area contributed by atoms with Gasteiger partial charge in [-0.3, -0.25) is 5.32 Å². The number of ether oxygens (including phenoxy) is 1. The molecule has 1 atom stereocenters. The summed E-state index contributed by atoms with van der Waals surface area (Å²) in [5.74, 6) is 1.42. The predicted octanol–water partition coefficient (Wildman–Crippen LogP) is 3.05. The minimum Gasteiger partial charge on any atom is -0.376 e. The van der Waals surface area contributed by atoms with E-state index in [4.69, 9.17) is 4.74 Å². The lowest BCUT2D eigenvalue weighted by molar-refractivity contribution is 0.0543. The number of nitrogens with zero attached hydrogens (tertiary/aromatic N) is 2. The molecule has 3 aliphatic rings. The van der Waals surface area contributed by atoms with E-state index in [9.17, 15) is 4.79 Å². The maximum Gasteiger partial charge on any atom is 0.323 e. The van der Waals surface area contributed by atoms with Gasteiger partial charge in [-0.05, 0) is 38.0 Å². The van der Waals surface area contributed by atoms with Gasteiger partial charge in [0.15, 0.2) is 5.13 Å². The minimum absolute atomic E-state index is 0.0378. The van der Waals surface area contributed by atoms with E-state index in [0.29, 0.717) is 12.5 Å². The third kappa shape index (κ3) is 3.37. The van der Waals surface area contributed by atoms with Crippen LogP contribution in [0, 0.1) is 5.92 Å². The van der Waals surface area contributed by atoms with E-state index in [1.807, 2.05) is 4.90 Å². The molecule has 0 spiro atoms. The van der Waals surface area contributed by atoms with Gasteiger partial charge in [-0.25, -0.2) is 9.78 Å². The number of rotatable bonds is 5. The molecule has 1 aromatic rings. The van der Waals surface area contributed by atoms with Crippen LogP contribution >= 0.6 is 11.3 Å². The van der Waals surface area contributed by atoms with Crippen molar-refractivity contribution in [1.82, 2.24) is 9.88 Å². The van der Waals surface area contributed by atoms with Crippen LogP contribution in [0.2, 0.25) is 0 Å². The van der Waals surface area contributed by atoms with Crippen molar-refractivity contribution in [3.63, 3.8) is 0 Å². The Morgan fingerprint density at radius 2 is 2.24 bits per heavy atom.